The van der Waals surface area contributed by atoms with Gasteiger partial charge in [0.1, 0.15) is 0 Å². The monoisotopic (exact) mass is 1950 g/mol. The molecule has 0 radical (unpaired) electrons. The predicted molar refractivity (Wildman–Crippen MR) is 556 cm³/mol. The molecule has 1 heterocycles. The van der Waals surface area contributed by atoms with Crippen LogP contribution < -0.4 is 0 Å². The van der Waals surface area contributed by atoms with E-state index in [1.54, 1.807) is 0 Å². The Kier molecular flexibility index (Phi) is 63.4. The Bertz CT molecular complexity index is 1730. The Morgan fingerprint density at radius 2 is 0.108 bits per heavy atom. The molecule has 1 fully saturated rings. The van der Waals surface area contributed by atoms with E-state index >= 15 is 0 Å². The van der Waals surface area contributed by atoms with Crippen molar-refractivity contribution in [3.8, 4) is 0 Å². The molecular formula is C90H210O15Si15. The maximum Gasteiger partial charge on any atom is 0.320 e. The number of rotatable bonds is 60. The van der Waals surface area contributed by atoms with Crippen LogP contribution in [0.5, 0.6) is 0 Å². The van der Waals surface area contributed by atoms with Gasteiger partial charge in [-0.2, -0.15) is 0 Å². The summed E-state index contributed by atoms with van der Waals surface area (Å²) in [4.78, 5) is 0. The van der Waals surface area contributed by atoms with Gasteiger partial charge < -0.3 is 61.7 Å². The molecule has 0 unspecified atom stereocenters. The van der Waals surface area contributed by atoms with Crippen LogP contribution >= 0.6 is 0 Å². The first-order chi connectivity index (χ1) is 57.4. The van der Waals surface area contributed by atoms with E-state index in [2.05, 4.69) is 208 Å². The van der Waals surface area contributed by atoms with E-state index in [0.29, 0.717) is 0 Å². The highest BCUT2D eigenvalue weighted by Gasteiger charge is 2.66. The first-order valence-corrected chi connectivity index (χ1v) is 86.4. The van der Waals surface area contributed by atoms with Gasteiger partial charge in [-0.15, -0.1) is 0 Å². The fourth-order valence-electron chi connectivity index (χ4n) is 21.8. The molecule has 0 N–H and O–H groups in total. The highest BCUT2D eigenvalue weighted by Crippen LogP contribution is 2.51. The molecule has 1 rings (SSSR count). The zero-order valence-electron chi connectivity index (χ0n) is 86.1. The molecule has 1 aliphatic heterocycles. The predicted octanol–water partition coefficient (Wildman–Crippen LogP) is 34.2. The van der Waals surface area contributed by atoms with Crippen LogP contribution in [0.3, 0.4) is 0 Å². The van der Waals surface area contributed by atoms with E-state index in [1.807, 2.05) is 0 Å². The van der Waals surface area contributed by atoms with Gasteiger partial charge in [-0.1, -0.05) is 400 Å². The molecule has 0 aromatic rings. The first-order valence-electron chi connectivity index (χ1n) is 52.9. The second-order valence-corrected chi connectivity index (χ2v) is 92.3. The Hall–Kier alpha value is 2.65. The average molecular weight is 1950 g/mol. The van der Waals surface area contributed by atoms with Crippen LogP contribution in [0.15, 0.2) is 0 Å². The maximum absolute atomic E-state index is 8.91. The summed E-state index contributed by atoms with van der Waals surface area (Å²) in [6.07, 6.45) is 29.3. The standard InChI is InChI=1S/C90H210O15Si15/c1-31-61-106(62-32-2)91-107(63-33-3,64-34-4)93-109(67-37-7,68-38-8)95-111(71-41-11,72-42-12)97-113(75-45-15,76-46-16)99-115(79-49-19,80-50-20)101-117(83-53-23,84-54-24)103-119(87-57-27,88-58-28)105-120(89-59-29,90-60-30)104-118(85-55-25,86-56-26)102-116(81-51-21,82-52-22)100-114(77-47-17,78-48-18)98-112(73-43-13,74-44-14)96-110(69-39-9,70-40-10)94-108(92-106,65-35-5)66-36-6/h31-90H2,1-30H3. The molecule has 0 bridgehead atoms. The Morgan fingerprint density at radius 1 is 0.0750 bits per heavy atom. The van der Waals surface area contributed by atoms with E-state index in [-0.39, 0.29) is 0 Å². The first kappa shape index (κ1) is 121. The Morgan fingerprint density at radius 3 is 0.133 bits per heavy atom. The summed E-state index contributed by atoms with van der Waals surface area (Å²) < 4.78 is 134. The SMILES string of the molecule is CCC[Si]1(CCC)O[Si](CCC)(CCC)O[Si](CCC)(CCC)O[Si](CCC)(CCC)O[Si](CCC)(CCC)O[Si](CCC)(CCC)O[Si](CCC)(CCC)O[Si](CCC)(CCC)O[Si](CCC)(CCC)O[Si](CCC)(CCC)O[Si](CCC)(CCC)O[Si](CCC)(CCC)O[Si](CCC)(CCC)O[Si](CCC)(CCC)O[Si](CCC)(CCC)O1. The van der Waals surface area contributed by atoms with Gasteiger partial charge >= 0.3 is 128 Å². The smallest absolute Gasteiger partial charge is 0.320 e. The summed E-state index contributed by atoms with van der Waals surface area (Å²) >= 11 is 0. The largest absolute Gasteiger partial charge is 0.415 e. The van der Waals surface area contributed by atoms with Gasteiger partial charge in [0.05, 0.1) is 0 Å². The highest BCUT2D eigenvalue weighted by molar-refractivity contribution is 6.98. The molecule has 720 valence electrons. The lowest BCUT2D eigenvalue weighted by Crippen LogP contribution is -2.70. The van der Waals surface area contributed by atoms with Gasteiger partial charge in [-0.05, 0) is 181 Å². The van der Waals surface area contributed by atoms with Crippen LogP contribution in [-0.4, -0.2) is 128 Å². The molecule has 120 heavy (non-hydrogen) atoms. The topological polar surface area (TPSA) is 138 Å². The third kappa shape index (κ3) is 38.2. The van der Waals surface area contributed by atoms with Gasteiger partial charge in [0, 0.05) is 0 Å². The van der Waals surface area contributed by atoms with Crippen LogP contribution in [-0.2, 0) is 61.7 Å². The molecule has 0 saturated carbocycles. The Balaban J connectivity index is 6.02. The molecule has 0 aromatic heterocycles. The van der Waals surface area contributed by atoms with Crippen molar-refractivity contribution in [1.82, 2.24) is 0 Å². The highest BCUT2D eigenvalue weighted by atomic mass is 28.5. The molecule has 0 aliphatic carbocycles. The Labute approximate surface area is 765 Å². The zero-order valence-corrected chi connectivity index (χ0v) is 101. The molecule has 0 amide bonds. The lowest BCUT2D eigenvalue weighted by Gasteiger charge is -2.54. The normalized spacial score (nSPS) is 21.8. The molecule has 0 aromatic carbocycles. The minimum atomic E-state index is -3.29. The maximum atomic E-state index is 8.91. The third-order valence-corrected chi connectivity index (χ3v) is 107. The van der Waals surface area contributed by atoms with Crippen molar-refractivity contribution in [1.29, 1.82) is 0 Å². The molecule has 1 saturated heterocycles. The van der Waals surface area contributed by atoms with E-state index in [9.17, 15) is 0 Å². The van der Waals surface area contributed by atoms with Crippen LogP contribution in [0.2, 0.25) is 181 Å². The van der Waals surface area contributed by atoms with Crippen molar-refractivity contribution in [2.45, 2.75) is 582 Å². The van der Waals surface area contributed by atoms with E-state index in [4.69, 9.17) is 61.7 Å². The minimum Gasteiger partial charge on any atom is -0.415 e. The van der Waals surface area contributed by atoms with Crippen molar-refractivity contribution in [3.05, 3.63) is 0 Å². The summed E-state index contributed by atoms with van der Waals surface area (Å²) in [5.74, 6) is 0. The summed E-state index contributed by atoms with van der Waals surface area (Å²) in [6.45, 7) is 72.2. The number of hydrogen-bond donors (Lipinski definition) is 0. The zero-order chi connectivity index (χ0) is 90.5. The van der Waals surface area contributed by atoms with Crippen molar-refractivity contribution in [3.63, 3.8) is 0 Å². The van der Waals surface area contributed by atoms with Gasteiger partial charge in [0.15, 0.2) is 0 Å². The van der Waals surface area contributed by atoms with Crippen molar-refractivity contribution in [2.75, 3.05) is 0 Å². The lowest BCUT2D eigenvalue weighted by atomic mass is 10.6. The van der Waals surface area contributed by atoms with E-state index in [1.165, 1.54) is 0 Å². The molecule has 30 heteroatoms. The second-order valence-electron chi connectivity index (χ2n) is 37.7. The van der Waals surface area contributed by atoms with Crippen molar-refractivity contribution >= 4 is 128 Å². The van der Waals surface area contributed by atoms with Crippen molar-refractivity contribution < 1.29 is 61.7 Å². The quantitative estimate of drug-likeness (QED) is 0.0534. The summed E-state index contributed by atoms with van der Waals surface area (Å²) in [7, 11) is -49.4. The fraction of sp³-hybridized carbons (Fsp3) is 1.00. The van der Waals surface area contributed by atoms with Crippen LogP contribution in [0, 0.1) is 0 Å². The number of hydrogen-bond acceptors (Lipinski definition) is 15. The third-order valence-electron chi connectivity index (χ3n) is 24.5. The minimum absolute atomic E-state index is 0.906. The van der Waals surface area contributed by atoms with Crippen LogP contribution in [0.25, 0.3) is 0 Å². The van der Waals surface area contributed by atoms with Gasteiger partial charge in [0.2, 0.25) is 0 Å². The van der Waals surface area contributed by atoms with E-state index < -0.39 is 128 Å². The molecule has 1 aliphatic rings. The summed E-state index contributed by atoms with van der Waals surface area (Å²) in [5.41, 5.74) is 0. The van der Waals surface area contributed by atoms with Crippen molar-refractivity contribution in [2.24, 2.45) is 0 Å². The van der Waals surface area contributed by atoms with E-state index in [0.717, 1.165) is 374 Å². The van der Waals surface area contributed by atoms with Crippen LogP contribution in [0.4, 0.5) is 0 Å². The summed E-state index contributed by atoms with van der Waals surface area (Å²) in [5, 5.41) is 0. The average Bonchev–Trinajstić information content (AvgIpc) is 0.757. The molecule has 0 atom stereocenters. The summed E-state index contributed by atoms with van der Waals surface area (Å²) in [6, 6.07) is 27.2. The van der Waals surface area contributed by atoms with Gasteiger partial charge in [0.25, 0.3) is 0 Å². The van der Waals surface area contributed by atoms with Gasteiger partial charge in [-0.25, -0.2) is 0 Å². The second kappa shape index (κ2) is 63.0. The molecular weight excluding hydrogens is 1740 g/mol. The molecule has 15 nitrogen and oxygen atoms in total. The fourth-order valence-corrected chi connectivity index (χ4v) is 122. The lowest BCUT2D eigenvalue weighted by molar-refractivity contribution is 0.211. The molecule has 0 spiro atoms. The van der Waals surface area contributed by atoms with Gasteiger partial charge in [-0.3, -0.25) is 0 Å². The van der Waals surface area contributed by atoms with Crippen LogP contribution in [0.1, 0.15) is 400 Å².